The highest BCUT2D eigenvalue weighted by Crippen LogP contribution is 2.51. The molecule has 1 fully saturated rings. The van der Waals surface area contributed by atoms with Crippen molar-refractivity contribution in [2.24, 2.45) is 0 Å². The predicted molar refractivity (Wildman–Crippen MR) is 96.2 cm³/mol. The quantitative estimate of drug-likeness (QED) is 0.778. The fraction of sp³-hybridized carbons (Fsp3) is 0.632. The van der Waals surface area contributed by atoms with E-state index in [1.54, 1.807) is 0 Å². The molecule has 2 aliphatic rings. The molecule has 1 aromatic carbocycles. The van der Waals surface area contributed by atoms with Crippen LogP contribution in [0.1, 0.15) is 69.4 Å². The molecule has 4 nitrogen and oxygen atoms in total. The first kappa shape index (κ1) is 17.6. The Balaban J connectivity index is 2.25. The molecule has 132 valence electrons. The maximum absolute atomic E-state index is 12.3. The van der Waals surface area contributed by atoms with Gasteiger partial charge in [-0.3, -0.25) is 4.79 Å². The molecule has 1 aliphatic heterocycles. The van der Waals surface area contributed by atoms with Gasteiger partial charge in [-0.25, -0.2) is 0 Å². The monoisotopic (exact) mass is 396 g/mol. The van der Waals surface area contributed by atoms with E-state index in [4.69, 9.17) is 9.47 Å². The maximum atomic E-state index is 12.3. The lowest BCUT2D eigenvalue weighted by molar-refractivity contribution is -0.145. The van der Waals surface area contributed by atoms with Crippen LogP contribution in [0, 0.1) is 0 Å². The van der Waals surface area contributed by atoms with E-state index in [1.807, 2.05) is 6.07 Å². The van der Waals surface area contributed by atoms with E-state index in [2.05, 4.69) is 29.8 Å². The fourth-order valence-electron chi connectivity index (χ4n) is 4.03. The van der Waals surface area contributed by atoms with E-state index < -0.39 is 11.4 Å². The average molecular weight is 397 g/mol. The van der Waals surface area contributed by atoms with Crippen LogP contribution < -0.4 is 9.47 Å². The number of fused-ring (bicyclic) bond motifs is 1. The third-order valence-electron chi connectivity index (χ3n) is 5.22. The van der Waals surface area contributed by atoms with Crippen LogP contribution in [-0.4, -0.2) is 24.3 Å². The first-order valence-electron chi connectivity index (χ1n) is 8.83. The summed E-state index contributed by atoms with van der Waals surface area (Å²) in [6.07, 6.45) is 5.23. The Morgan fingerprint density at radius 3 is 2.33 bits per heavy atom. The van der Waals surface area contributed by atoms with Gasteiger partial charge in [0, 0.05) is 12.0 Å². The van der Waals surface area contributed by atoms with Gasteiger partial charge in [0.05, 0.1) is 23.1 Å². The molecule has 1 N–H and O–H groups in total. The number of hydrogen-bond donors (Lipinski definition) is 1. The molecular formula is C19H25BrO4. The molecule has 0 unspecified atom stereocenters. The summed E-state index contributed by atoms with van der Waals surface area (Å²) in [5, 5.41) is 10.1. The summed E-state index contributed by atoms with van der Waals surface area (Å²) in [4.78, 5) is 12.3. The van der Waals surface area contributed by atoms with Crippen molar-refractivity contribution in [3.8, 4) is 11.5 Å². The molecule has 1 heterocycles. The summed E-state index contributed by atoms with van der Waals surface area (Å²) in [6, 6.07) is 1.97. The summed E-state index contributed by atoms with van der Waals surface area (Å²) in [5.74, 6) is 0.904. The molecule has 0 aromatic heterocycles. The summed E-state index contributed by atoms with van der Waals surface area (Å²) in [7, 11) is 0. The maximum Gasteiger partial charge on any atom is 0.314 e. The number of ether oxygens (including phenoxy) is 2. The standard InChI is InChI=1S/C19H25BrO4/c1-12(2)15-13(19(18(21)22)7-4-3-5-8-19)11-14(20)16-17(15)24-10-6-9-23-16/h11-12H,3-10H2,1-2H3,(H,21,22). The number of carbonyl (C=O) groups is 1. The molecule has 3 rings (SSSR count). The Bertz CT molecular complexity index is 633. The number of halogens is 1. The van der Waals surface area contributed by atoms with Crippen LogP contribution in [0.5, 0.6) is 11.5 Å². The zero-order chi connectivity index (χ0) is 17.3. The number of carboxylic acid groups (broad SMARTS) is 1. The highest BCUT2D eigenvalue weighted by atomic mass is 79.9. The third kappa shape index (κ3) is 2.92. The summed E-state index contributed by atoms with van der Waals surface area (Å²) >= 11 is 3.59. The lowest BCUT2D eigenvalue weighted by Gasteiger charge is -2.37. The lowest BCUT2D eigenvalue weighted by atomic mass is 9.67. The second-order valence-electron chi connectivity index (χ2n) is 7.13. The second kappa shape index (κ2) is 6.95. The predicted octanol–water partition coefficient (Wildman–Crippen LogP) is 5.02. The zero-order valence-electron chi connectivity index (χ0n) is 14.4. The van der Waals surface area contributed by atoms with Crippen molar-refractivity contribution in [1.82, 2.24) is 0 Å². The van der Waals surface area contributed by atoms with E-state index in [0.29, 0.717) is 26.1 Å². The van der Waals surface area contributed by atoms with E-state index >= 15 is 0 Å². The van der Waals surface area contributed by atoms with Gasteiger partial charge in [0.1, 0.15) is 0 Å². The van der Waals surface area contributed by atoms with Crippen molar-refractivity contribution in [1.29, 1.82) is 0 Å². The lowest BCUT2D eigenvalue weighted by Crippen LogP contribution is -2.39. The minimum atomic E-state index is -0.814. The second-order valence-corrected chi connectivity index (χ2v) is 7.99. The van der Waals surface area contributed by atoms with Crippen LogP contribution in [0.15, 0.2) is 10.5 Å². The van der Waals surface area contributed by atoms with E-state index in [-0.39, 0.29) is 5.92 Å². The van der Waals surface area contributed by atoms with Crippen LogP contribution in [0.2, 0.25) is 0 Å². The highest BCUT2D eigenvalue weighted by molar-refractivity contribution is 9.10. The SMILES string of the molecule is CC(C)c1c(C2(C(=O)O)CCCCC2)cc(Br)c2c1OCCCO2. The third-order valence-corrected chi connectivity index (χ3v) is 5.81. The van der Waals surface area contributed by atoms with Crippen LogP contribution in [-0.2, 0) is 10.2 Å². The van der Waals surface area contributed by atoms with Crippen molar-refractivity contribution in [3.05, 3.63) is 21.7 Å². The highest BCUT2D eigenvalue weighted by Gasteiger charge is 2.44. The Morgan fingerprint density at radius 2 is 1.75 bits per heavy atom. The van der Waals surface area contributed by atoms with Crippen molar-refractivity contribution >= 4 is 21.9 Å². The van der Waals surface area contributed by atoms with Gasteiger partial charge in [0.2, 0.25) is 0 Å². The number of hydrogen-bond acceptors (Lipinski definition) is 3. The van der Waals surface area contributed by atoms with Crippen molar-refractivity contribution < 1.29 is 19.4 Å². The fourth-order valence-corrected chi connectivity index (χ4v) is 4.55. The molecule has 0 saturated heterocycles. The number of carboxylic acids is 1. The summed E-state index contributed by atoms with van der Waals surface area (Å²) in [6.45, 7) is 5.41. The summed E-state index contributed by atoms with van der Waals surface area (Å²) < 4.78 is 12.7. The number of benzene rings is 1. The number of aliphatic carboxylic acids is 1. The molecule has 1 saturated carbocycles. The van der Waals surface area contributed by atoms with Gasteiger partial charge in [-0.15, -0.1) is 0 Å². The molecule has 0 radical (unpaired) electrons. The largest absolute Gasteiger partial charge is 0.489 e. The van der Waals surface area contributed by atoms with E-state index in [0.717, 1.165) is 52.8 Å². The topological polar surface area (TPSA) is 55.8 Å². The molecule has 0 spiro atoms. The molecule has 24 heavy (non-hydrogen) atoms. The van der Waals surface area contributed by atoms with Crippen molar-refractivity contribution in [2.45, 2.75) is 63.7 Å². The number of rotatable bonds is 3. The average Bonchev–Trinajstić information content (AvgIpc) is 2.81. The normalized spacial score (nSPS) is 19.8. The first-order chi connectivity index (χ1) is 11.5. The molecule has 0 atom stereocenters. The van der Waals surface area contributed by atoms with Crippen LogP contribution in [0.25, 0.3) is 0 Å². The van der Waals surface area contributed by atoms with Gasteiger partial charge in [-0.1, -0.05) is 33.1 Å². The Morgan fingerprint density at radius 1 is 1.12 bits per heavy atom. The first-order valence-corrected chi connectivity index (χ1v) is 9.62. The van der Waals surface area contributed by atoms with Crippen LogP contribution in [0.3, 0.4) is 0 Å². The van der Waals surface area contributed by atoms with Gasteiger partial charge >= 0.3 is 5.97 Å². The van der Waals surface area contributed by atoms with Crippen molar-refractivity contribution in [3.63, 3.8) is 0 Å². The molecule has 1 aliphatic carbocycles. The van der Waals surface area contributed by atoms with Crippen LogP contribution in [0.4, 0.5) is 0 Å². The molecular weight excluding hydrogens is 372 g/mol. The molecule has 1 aromatic rings. The minimum absolute atomic E-state index is 0.168. The van der Waals surface area contributed by atoms with E-state index in [1.165, 1.54) is 0 Å². The van der Waals surface area contributed by atoms with Gasteiger partial charge in [-0.2, -0.15) is 0 Å². The van der Waals surface area contributed by atoms with Gasteiger partial charge in [-0.05, 0) is 46.3 Å². The molecule has 0 amide bonds. The zero-order valence-corrected chi connectivity index (χ0v) is 15.9. The Kier molecular flexibility index (Phi) is 5.09. The molecule has 5 heteroatoms. The van der Waals surface area contributed by atoms with Crippen LogP contribution >= 0.6 is 15.9 Å². The minimum Gasteiger partial charge on any atom is -0.489 e. The smallest absolute Gasteiger partial charge is 0.314 e. The Hall–Kier alpha value is -1.23. The van der Waals surface area contributed by atoms with Gasteiger partial charge in [0.25, 0.3) is 0 Å². The Labute approximate surface area is 151 Å². The van der Waals surface area contributed by atoms with E-state index in [9.17, 15) is 9.90 Å². The van der Waals surface area contributed by atoms with Crippen molar-refractivity contribution in [2.75, 3.05) is 13.2 Å². The summed E-state index contributed by atoms with van der Waals surface area (Å²) in [5.41, 5.74) is 1.09. The van der Waals surface area contributed by atoms with Gasteiger partial charge < -0.3 is 14.6 Å². The van der Waals surface area contributed by atoms with Gasteiger partial charge in [0.15, 0.2) is 11.5 Å². The molecule has 0 bridgehead atoms.